The normalized spacial score (nSPS) is 16.0. The number of halogens is 1. The zero-order valence-corrected chi connectivity index (χ0v) is 20.2. The molecule has 3 aromatic carbocycles. The van der Waals surface area contributed by atoms with Gasteiger partial charge in [-0.15, -0.1) is 0 Å². The van der Waals surface area contributed by atoms with Crippen LogP contribution in [-0.2, 0) is 20.2 Å². The number of fused-ring (bicyclic) bond motifs is 1. The lowest BCUT2D eigenvalue weighted by Crippen LogP contribution is -2.49. The lowest BCUT2D eigenvalue weighted by molar-refractivity contribution is -0.122. The predicted octanol–water partition coefficient (Wildman–Crippen LogP) is 5.23. The van der Waals surface area contributed by atoms with Gasteiger partial charge < -0.3 is 10.1 Å². The van der Waals surface area contributed by atoms with Gasteiger partial charge in [-0.05, 0) is 47.4 Å². The summed E-state index contributed by atoms with van der Waals surface area (Å²) in [4.78, 5) is 13.2. The molecule has 0 fully saturated rings. The van der Waals surface area contributed by atoms with Crippen LogP contribution in [0.25, 0.3) is 0 Å². The summed E-state index contributed by atoms with van der Waals surface area (Å²) in [7, 11) is -3.94. The zero-order valence-electron chi connectivity index (χ0n) is 18.6. The summed E-state index contributed by atoms with van der Waals surface area (Å²) >= 11 is 6.17. The van der Waals surface area contributed by atoms with Crippen LogP contribution in [0.5, 0.6) is 5.75 Å². The van der Waals surface area contributed by atoms with Crippen molar-refractivity contribution >= 4 is 38.9 Å². The average Bonchev–Trinajstić information content (AvgIpc) is 2.79. The number of rotatable bonds is 4. The highest BCUT2D eigenvalue weighted by molar-refractivity contribution is 7.92. The van der Waals surface area contributed by atoms with E-state index in [0.29, 0.717) is 22.1 Å². The molecule has 4 rings (SSSR count). The highest BCUT2D eigenvalue weighted by Gasteiger charge is 2.38. The lowest BCUT2D eigenvalue weighted by atomic mass is 9.86. The van der Waals surface area contributed by atoms with E-state index in [1.165, 1.54) is 16.4 Å². The van der Waals surface area contributed by atoms with Crippen molar-refractivity contribution < 1.29 is 17.9 Å². The van der Waals surface area contributed by atoms with E-state index < -0.39 is 22.0 Å². The number of benzene rings is 3. The van der Waals surface area contributed by atoms with E-state index in [1.54, 1.807) is 48.5 Å². The molecule has 1 N–H and O–H groups in total. The lowest BCUT2D eigenvalue weighted by Gasteiger charge is -2.36. The number of anilines is 2. The van der Waals surface area contributed by atoms with Crippen molar-refractivity contribution in [1.82, 2.24) is 0 Å². The van der Waals surface area contributed by atoms with Gasteiger partial charge in [0.05, 0.1) is 27.8 Å². The van der Waals surface area contributed by atoms with Gasteiger partial charge in [0.25, 0.3) is 15.9 Å². The molecule has 0 spiro atoms. The fraction of sp³-hybridized carbons (Fsp3) is 0.240. The van der Waals surface area contributed by atoms with E-state index in [4.69, 9.17) is 16.3 Å². The molecule has 0 aliphatic carbocycles. The van der Waals surface area contributed by atoms with Gasteiger partial charge in [-0.2, -0.15) is 0 Å². The van der Waals surface area contributed by atoms with Gasteiger partial charge in [-0.1, -0.05) is 68.8 Å². The Morgan fingerprint density at radius 1 is 1.03 bits per heavy atom. The maximum absolute atomic E-state index is 13.6. The third-order valence-corrected chi connectivity index (χ3v) is 7.57. The van der Waals surface area contributed by atoms with Crippen molar-refractivity contribution in [2.24, 2.45) is 0 Å². The molecule has 0 aromatic heterocycles. The predicted molar refractivity (Wildman–Crippen MR) is 131 cm³/mol. The maximum Gasteiger partial charge on any atom is 0.267 e. The van der Waals surface area contributed by atoms with Crippen LogP contribution in [0, 0.1) is 0 Å². The van der Waals surface area contributed by atoms with E-state index in [2.05, 4.69) is 5.32 Å². The molecule has 0 radical (unpaired) electrons. The highest BCUT2D eigenvalue weighted by atomic mass is 35.5. The first-order chi connectivity index (χ1) is 15.6. The maximum atomic E-state index is 13.6. The molecule has 1 aliphatic rings. The Morgan fingerprint density at radius 2 is 1.70 bits per heavy atom. The summed E-state index contributed by atoms with van der Waals surface area (Å²) in [6.45, 7) is 5.98. The van der Waals surface area contributed by atoms with Crippen LogP contribution in [0.3, 0.4) is 0 Å². The molecule has 8 heteroatoms. The molecule has 0 unspecified atom stereocenters. The summed E-state index contributed by atoms with van der Waals surface area (Å²) in [5.41, 5.74) is 1.60. The van der Waals surface area contributed by atoms with Crippen molar-refractivity contribution in [3.05, 3.63) is 83.4 Å². The number of hydrogen-bond acceptors (Lipinski definition) is 4. The SMILES string of the molecule is CC(C)(C)c1ccc2c(c1)N(S(=O)(=O)c1ccccc1)C[C@@H](C(=O)Nc1ccccc1Cl)O2. The second-order valence-electron chi connectivity index (χ2n) is 8.86. The molecule has 1 heterocycles. The smallest absolute Gasteiger partial charge is 0.267 e. The minimum atomic E-state index is -3.94. The standard InChI is InChI=1S/C25H25ClN2O4S/c1-25(2,3)17-13-14-22-21(15-17)28(33(30,31)18-9-5-4-6-10-18)16-23(32-22)24(29)27-20-12-8-7-11-19(20)26/h4-15,23H,16H2,1-3H3,(H,27,29)/t23-/m0/s1. The molecule has 6 nitrogen and oxygen atoms in total. The van der Waals surface area contributed by atoms with Crippen LogP contribution in [0.1, 0.15) is 26.3 Å². The van der Waals surface area contributed by atoms with Gasteiger partial charge in [0.15, 0.2) is 6.10 Å². The number of hydrogen-bond donors (Lipinski definition) is 1. The molecular weight excluding hydrogens is 460 g/mol. The Morgan fingerprint density at radius 3 is 2.36 bits per heavy atom. The van der Waals surface area contributed by atoms with E-state index in [-0.39, 0.29) is 16.9 Å². The van der Waals surface area contributed by atoms with Crippen molar-refractivity contribution in [1.29, 1.82) is 0 Å². The van der Waals surface area contributed by atoms with Crippen LogP contribution in [0.15, 0.2) is 77.7 Å². The van der Waals surface area contributed by atoms with Crippen molar-refractivity contribution in [2.45, 2.75) is 37.2 Å². The number of nitrogens with one attached hydrogen (secondary N) is 1. The van der Waals surface area contributed by atoms with E-state index >= 15 is 0 Å². The Labute approximate surface area is 199 Å². The second-order valence-corrected chi connectivity index (χ2v) is 11.1. The van der Waals surface area contributed by atoms with E-state index in [1.807, 2.05) is 32.9 Å². The number of nitrogens with zero attached hydrogens (tertiary/aromatic N) is 1. The molecule has 0 bridgehead atoms. The van der Waals surface area contributed by atoms with Gasteiger partial charge >= 0.3 is 0 Å². The third kappa shape index (κ3) is 4.70. The molecule has 172 valence electrons. The summed E-state index contributed by atoms with van der Waals surface area (Å²) < 4.78 is 34.4. The quantitative estimate of drug-likeness (QED) is 0.550. The molecule has 1 atom stereocenters. The van der Waals surface area contributed by atoms with Crippen LogP contribution < -0.4 is 14.4 Å². The fourth-order valence-electron chi connectivity index (χ4n) is 3.58. The van der Waals surface area contributed by atoms with Crippen LogP contribution in [0.2, 0.25) is 5.02 Å². The van der Waals surface area contributed by atoms with Crippen molar-refractivity contribution in [3.63, 3.8) is 0 Å². The fourth-order valence-corrected chi connectivity index (χ4v) is 5.25. The van der Waals surface area contributed by atoms with Gasteiger partial charge in [0, 0.05) is 0 Å². The van der Waals surface area contributed by atoms with Crippen molar-refractivity contribution in [3.8, 4) is 5.75 Å². The number of carbonyl (C=O) groups excluding carboxylic acids is 1. The summed E-state index contributed by atoms with van der Waals surface area (Å²) in [5.74, 6) is -0.157. The summed E-state index contributed by atoms with van der Waals surface area (Å²) in [6, 6.07) is 20.4. The summed E-state index contributed by atoms with van der Waals surface area (Å²) in [5, 5.41) is 3.12. The van der Waals surface area contributed by atoms with Gasteiger partial charge in [-0.3, -0.25) is 9.10 Å². The number of sulfonamides is 1. The first-order valence-electron chi connectivity index (χ1n) is 10.5. The van der Waals surface area contributed by atoms with Gasteiger partial charge in [0.1, 0.15) is 5.75 Å². The largest absolute Gasteiger partial charge is 0.476 e. The Bertz CT molecular complexity index is 1290. The van der Waals surface area contributed by atoms with Crippen LogP contribution >= 0.6 is 11.6 Å². The number of carbonyl (C=O) groups is 1. The second kappa shape index (κ2) is 8.72. The molecule has 33 heavy (non-hydrogen) atoms. The topological polar surface area (TPSA) is 75.7 Å². The minimum Gasteiger partial charge on any atom is -0.476 e. The highest BCUT2D eigenvalue weighted by Crippen LogP contribution is 2.40. The van der Waals surface area contributed by atoms with E-state index in [9.17, 15) is 13.2 Å². The monoisotopic (exact) mass is 484 g/mol. The van der Waals surface area contributed by atoms with Gasteiger partial charge in [0.2, 0.25) is 0 Å². The zero-order chi connectivity index (χ0) is 23.8. The molecule has 1 amide bonds. The average molecular weight is 485 g/mol. The number of para-hydroxylation sites is 1. The Hall–Kier alpha value is -3.03. The molecular formula is C25H25ClN2O4S. The molecule has 0 saturated heterocycles. The first kappa shape index (κ1) is 23.1. The van der Waals surface area contributed by atoms with E-state index in [0.717, 1.165) is 5.56 Å². The number of amides is 1. The van der Waals surface area contributed by atoms with Gasteiger partial charge in [-0.25, -0.2) is 8.42 Å². The molecule has 1 aliphatic heterocycles. The molecule has 0 saturated carbocycles. The Kier molecular flexibility index (Phi) is 6.12. The molecule has 3 aromatic rings. The first-order valence-corrected chi connectivity index (χ1v) is 12.3. The minimum absolute atomic E-state index is 0.143. The van der Waals surface area contributed by atoms with Crippen LogP contribution in [-0.4, -0.2) is 27.0 Å². The van der Waals surface area contributed by atoms with Crippen LogP contribution in [0.4, 0.5) is 11.4 Å². The third-order valence-electron chi connectivity index (χ3n) is 5.45. The summed E-state index contributed by atoms with van der Waals surface area (Å²) in [6.07, 6.45) is -1.06. The Balaban J connectivity index is 1.75. The van der Waals surface area contributed by atoms with Crippen molar-refractivity contribution in [2.75, 3.05) is 16.2 Å². The number of ether oxygens (including phenoxy) is 1.